The average Bonchev–Trinajstić information content (AvgIpc) is 2.44. The predicted octanol–water partition coefficient (Wildman–Crippen LogP) is 0.663. The molecule has 1 heterocycles. The molecule has 3 nitrogen and oxygen atoms in total. The van der Waals surface area contributed by atoms with Gasteiger partial charge in [-0.05, 0) is 6.42 Å². The smallest absolute Gasteiger partial charge is 0.181 e. The van der Waals surface area contributed by atoms with Crippen molar-refractivity contribution in [3.05, 3.63) is 17.8 Å². The largest absolute Gasteiger partial charge is 0.448 e. The predicted molar refractivity (Wildman–Crippen MR) is 36.6 cm³/mol. The van der Waals surface area contributed by atoms with E-state index in [0.29, 0.717) is 12.5 Å². The van der Waals surface area contributed by atoms with E-state index in [-0.39, 0.29) is 0 Å². The second kappa shape index (κ2) is 2.09. The third-order valence-corrected chi connectivity index (χ3v) is 2.06. The Labute approximate surface area is 59.2 Å². The lowest BCUT2D eigenvalue weighted by Gasteiger charge is -2.00. The third kappa shape index (κ3) is 0.671. The molecule has 0 bridgehead atoms. The molecule has 0 amide bonds. The zero-order valence-electron chi connectivity index (χ0n) is 5.71. The molecule has 0 saturated heterocycles. The van der Waals surface area contributed by atoms with Crippen molar-refractivity contribution in [2.75, 3.05) is 6.54 Å². The monoisotopic (exact) mass is 138 g/mol. The van der Waals surface area contributed by atoms with Gasteiger partial charge >= 0.3 is 0 Å². The first-order chi connectivity index (χ1) is 4.92. The highest BCUT2D eigenvalue weighted by Crippen LogP contribution is 2.30. The maximum atomic E-state index is 5.53. The van der Waals surface area contributed by atoms with Crippen LogP contribution >= 0.6 is 0 Å². The van der Waals surface area contributed by atoms with E-state index in [1.165, 1.54) is 6.39 Å². The van der Waals surface area contributed by atoms with E-state index in [1.54, 1.807) is 0 Å². The van der Waals surface area contributed by atoms with E-state index in [9.17, 15) is 0 Å². The van der Waals surface area contributed by atoms with Crippen LogP contribution < -0.4 is 5.73 Å². The van der Waals surface area contributed by atoms with E-state index in [0.717, 1.165) is 24.3 Å². The first-order valence-corrected chi connectivity index (χ1v) is 3.54. The van der Waals surface area contributed by atoms with Crippen LogP contribution in [0.3, 0.4) is 0 Å². The van der Waals surface area contributed by atoms with E-state index in [1.807, 2.05) is 0 Å². The van der Waals surface area contributed by atoms with Crippen LogP contribution in [0.1, 0.15) is 23.8 Å². The zero-order chi connectivity index (χ0) is 6.97. The summed E-state index contributed by atoms with van der Waals surface area (Å²) in [5.41, 5.74) is 6.61. The maximum absolute atomic E-state index is 5.53. The van der Waals surface area contributed by atoms with Crippen LogP contribution in [-0.2, 0) is 6.42 Å². The summed E-state index contributed by atoms with van der Waals surface area (Å²) in [6.45, 7) is 0.694. The number of hydrogen-bond donors (Lipinski definition) is 1. The lowest BCUT2D eigenvalue weighted by atomic mass is 10.1. The molecule has 0 aromatic carbocycles. The van der Waals surface area contributed by atoms with Crippen LogP contribution in [-0.4, -0.2) is 11.5 Å². The Kier molecular flexibility index (Phi) is 1.24. The van der Waals surface area contributed by atoms with Gasteiger partial charge in [0.25, 0.3) is 0 Å². The van der Waals surface area contributed by atoms with Crippen LogP contribution in [0, 0.1) is 0 Å². The van der Waals surface area contributed by atoms with Gasteiger partial charge in [0.15, 0.2) is 6.39 Å². The molecule has 2 N–H and O–H groups in total. The van der Waals surface area contributed by atoms with Gasteiger partial charge in [-0.15, -0.1) is 0 Å². The minimum absolute atomic E-state index is 0.453. The fourth-order valence-electron chi connectivity index (χ4n) is 1.47. The van der Waals surface area contributed by atoms with Gasteiger partial charge in [0, 0.05) is 18.9 Å². The lowest BCUT2D eigenvalue weighted by molar-refractivity contribution is 0.504. The Morgan fingerprint density at radius 3 is 3.50 bits per heavy atom. The fraction of sp³-hybridized carbons (Fsp3) is 0.571. The number of rotatable bonds is 1. The highest BCUT2D eigenvalue weighted by molar-refractivity contribution is 5.19. The van der Waals surface area contributed by atoms with Gasteiger partial charge in [-0.1, -0.05) is 0 Å². The Morgan fingerprint density at radius 2 is 2.70 bits per heavy atom. The quantitative estimate of drug-likeness (QED) is 0.620. The molecule has 1 unspecified atom stereocenters. The first kappa shape index (κ1) is 5.92. The molecule has 1 aromatic heterocycles. The molecule has 1 atom stereocenters. The summed E-state index contributed by atoms with van der Waals surface area (Å²) in [7, 11) is 0. The number of aromatic nitrogens is 1. The number of nitrogens with two attached hydrogens (primary N) is 1. The van der Waals surface area contributed by atoms with E-state index in [4.69, 9.17) is 10.2 Å². The molecule has 54 valence electrons. The van der Waals surface area contributed by atoms with Crippen molar-refractivity contribution in [2.45, 2.75) is 18.8 Å². The van der Waals surface area contributed by atoms with Crippen LogP contribution in [0.5, 0.6) is 0 Å². The summed E-state index contributed by atoms with van der Waals surface area (Å²) in [5, 5.41) is 0. The van der Waals surface area contributed by atoms with E-state index in [2.05, 4.69) is 4.98 Å². The molecule has 1 aliphatic rings. The van der Waals surface area contributed by atoms with Crippen LogP contribution in [0.25, 0.3) is 0 Å². The van der Waals surface area contributed by atoms with Crippen molar-refractivity contribution in [3.8, 4) is 0 Å². The van der Waals surface area contributed by atoms with Gasteiger partial charge in [0.1, 0.15) is 5.76 Å². The molecule has 3 heteroatoms. The summed E-state index contributed by atoms with van der Waals surface area (Å²) >= 11 is 0. The Bertz CT molecular complexity index is 231. The zero-order valence-corrected chi connectivity index (χ0v) is 5.71. The highest BCUT2D eigenvalue weighted by Gasteiger charge is 2.24. The molecule has 1 aliphatic carbocycles. The topological polar surface area (TPSA) is 52.0 Å². The van der Waals surface area contributed by atoms with Crippen molar-refractivity contribution in [2.24, 2.45) is 5.73 Å². The van der Waals surface area contributed by atoms with Gasteiger partial charge in [0.2, 0.25) is 0 Å². The van der Waals surface area contributed by atoms with Gasteiger partial charge < -0.3 is 10.2 Å². The maximum Gasteiger partial charge on any atom is 0.181 e. The van der Waals surface area contributed by atoms with E-state index >= 15 is 0 Å². The standard InChI is InChI=1S/C7H10N2O/c8-3-5-1-2-6-7(5)9-4-10-6/h4-5H,1-3,8H2. The summed E-state index contributed by atoms with van der Waals surface area (Å²) in [6.07, 6.45) is 3.63. The molecule has 0 spiro atoms. The minimum atomic E-state index is 0.453. The molecule has 0 aliphatic heterocycles. The second-order valence-corrected chi connectivity index (χ2v) is 2.63. The van der Waals surface area contributed by atoms with Crippen LogP contribution in [0.15, 0.2) is 10.8 Å². The van der Waals surface area contributed by atoms with Crippen molar-refractivity contribution in [1.82, 2.24) is 4.98 Å². The normalized spacial score (nSPS) is 23.1. The number of oxazole rings is 1. The van der Waals surface area contributed by atoms with Gasteiger partial charge in [0.05, 0.1) is 5.69 Å². The summed E-state index contributed by atoms with van der Waals surface area (Å²) in [4.78, 5) is 4.10. The van der Waals surface area contributed by atoms with Crippen molar-refractivity contribution < 1.29 is 4.42 Å². The number of aryl methyl sites for hydroxylation is 1. The van der Waals surface area contributed by atoms with E-state index < -0.39 is 0 Å². The Hall–Kier alpha value is -0.830. The van der Waals surface area contributed by atoms with Crippen LogP contribution in [0.2, 0.25) is 0 Å². The molecule has 0 saturated carbocycles. The van der Waals surface area contributed by atoms with Gasteiger partial charge in [-0.25, -0.2) is 4.98 Å². The summed E-state index contributed by atoms with van der Waals surface area (Å²) in [5.74, 6) is 1.49. The molecular formula is C7H10N2O. The lowest BCUT2D eigenvalue weighted by Crippen LogP contribution is -2.09. The molecule has 10 heavy (non-hydrogen) atoms. The van der Waals surface area contributed by atoms with Crippen LogP contribution in [0.4, 0.5) is 0 Å². The van der Waals surface area contributed by atoms with Crippen molar-refractivity contribution >= 4 is 0 Å². The van der Waals surface area contributed by atoms with Gasteiger partial charge in [-0.3, -0.25) is 0 Å². The Morgan fingerprint density at radius 1 is 1.80 bits per heavy atom. The van der Waals surface area contributed by atoms with Crippen molar-refractivity contribution in [1.29, 1.82) is 0 Å². The van der Waals surface area contributed by atoms with Crippen molar-refractivity contribution in [3.63, 3.8) is 0 Å². The summed E-state index contributed by atoms with van der Waals surface area (Å²) in [6, 6.07) is 0. The highest BCUT2D eigenvalue weighted by atomic mass is 16.3. The Balaban J connectivity index is 2.34. The third-order valence-electron chi connectivity index (χ3n) is 2.06. The summed E-state index contributed by atoms with van der Waals surface area (Å²) < 4.78 is 5.14. The van der Waals surface area contributed by atoms with Gasteiger partial charge in [-0.2, -0.15) is 0 Å². The molecule has 2 rings (SSSR count). The first-order valence-electron chi connectivity index (χ1n) is 3.54. The number of hydrogen-bond acceptors (Lipinski definition) is 3. The number of nitrogens with zero attached hydrogens (tertiary/aromatic N) is 1. The molecular weight excluding hydrogens is 128 g/mol. The molecule has 0 fully saturated rings. The molecule has 1 aromatic rings. The minimum Gasteiger partial charge on any atom is -0.448 e. The average molecular weight is 138 g/mol. The second-order valence-electron chi connectivity index (χ2n) is 2.63. The SMILES string of the molecule is NCC1CCc2ocnc21. The fourth-order valence-corrected chi connectivity index (χ4v) is 1.47. The molecule has 0 radical (unpaired) electrons. The number of fused-ring (bicyclic) bond motifs is 1.